The minimum Gasteiger partial charge on any atom is -1.00 e. The van der Waals surface area contributed by atoms with Gasteiger partial charge in [-0.3, -0.25) is 9.59 Å². The molecule has 0 bridgehead atoms. The number of carboxylic acid groups (broad SMARTS) is 2. The number of aliphatic carboxylic acids is 2. The first-order valence-corrected chi connectivity index (χ1v) is 8.88. The first-order valence-electron chi connectivity index (χ1n) is 8.88. The molecule has 0 aliphatic rings. The molecule has 3 N–H and O–H groups in total. The first-order chi connectivity index (χ1) is 11.0. The van der Waals surface area contributed by atoms with Gasteiger partial charge in [0.15, 0.2) is 0 Å². The molecule has 0 rings (SSSR count). The average Bonchev–Trinajstić information content (AvgIpc) is 2.51. The summed E-state index contributed by atoms with van der Waals surface area (Å²) in [6.45, 7) is 6.16. The number of rotatable bonds is 12. The fourth-order valence-corrected chi connectivity index (χ4v) is 1.65. The van der Waals surface area contributed by atoms with Crippen molar-refractivity contribution in [1.82, 2.24) is 0 Å². The summed E-state index contributed by atoms with van der Waals surface area (Å²) in [5.41, 5.74) is 0. The maximum atomic E-state index is 9.45. The zero-order valence-electron chi connectivity index (χ0n) is 17.3. The van der Waals surface area contributed by atoms with Crippen molar-refractivity contribution < 1.29 is 50.8 Å². The van der Waals surface area contributed by atoms with Crippen molar-refractivity contribution >= 4 is 18.2 Å². The normalized spacial score (nSPS) is 8.62. The Morgan fingerprint density at radius 1 is 0.792 bits per heavy atom. The van der Waals surface area contributed by atoms with Crippen LogP contribution < -0.4 is 29.6 Å². The summed E-state index contributed by atoms with van der Waals surface area (Å²) in [4.78, 5) is 18.8. The molecule has 0 fully saturated rings. The van der Waals surface area contributed by atoms with Crippen molar-refractivity contribution in [1.29, 1.82) is 5.41 Å². The van der Waals surface area contributed by atoms with Crippen molar-refractivity contribution in [2.45, 2.75) is 97.8 Å². The maximum absolute atomic E-state index is 9.45. The molecule has 0 saturated heterocycles. The number of nitrogens with one attached hydrogen (secondary N) is 1. The van der Waals surface area contributed by atoms with Crippen LogP contribution in [0.2, 0.25) is 0 Å². The summed E-state index contributed by atoms with van der Waals surface area (Å²) in [6, 6.07) is 0. The molecule has 6 heteroatoms. The number of hydrogen-bond acceptors (Lipinski definition) is 3. The Hall–Kier alpha value is -0.390. The van der Waals surface area contributed by atoms with E-state index in [1.807, 2.05) is 0 Å². The van der Waals surface area contributed by atoms with Gasteiger partial charge in [-0.15, -0.1) is 0 Å². The molecule has 24 heavy (non-hydrogen) atoms. The molecule has 0 atom stereocenters. The summed E-state index contributed by atoms with van der Waals surface area (Å²) >= 11 is 0. The average molecular weight is 355 g/mol. The van der Waals surface area contributed by atoms with Crippen molar-refractivity contribution in [2.75, 3.05) is 0 Å². The van der Waals surface area contributed by atoms with E-state index in [1.165, 1.54) is 64.2 Å². The van der Waals surface area contributed by atoms with Gasteiger partial charge in [0.25, 0.3) is 0 Å². The third-order valence-electron chi connectivity index (χ3n) is 3.04. The molecule has 0 unspecified atom stereocenters. The molecule has 0 aliphatic heterocycles. The maximum Gasteiger partial charge on any atom is 1.00 e. The fourth-order valence-electron chi connectivity index (χ4n) is 1.65. The van der Waals surface area contributed by atoms with Crippen LogP contribution in [0.3, 0.4) is 0 Å². The molecule has 0 amide bonds. The summed E-state index contributed by atoms with van der Waals surface area (Å²) < 4.78 is 0. The predicted molar refractivity (Wildman–Crippen MR) is 97.6 cm³/mol. The van der Waals surface area contributed by atoms with Gasteiger partial charge in [-0.25, -0.2) is 0 Å². The van der Waals surface area contributed by atoms with E-state index in [1.54, 1.807) is 6.92 Å². The van der Waals surface area contributed by atoms with Gasteiger partial charge in [0.1, 0.15) is 0 Å². The minimum absolute atomic E-state index is 0. The molecule has 0 radical (unpaired) electrons. The van der Waals surface area contributed by atoms with Crippen LogP contribution in [0.25, 0.3) is 0 Å². The molecule has 5 nitrogen and oxygen atoms in total. The molecule has 0 spiro atoms. The third kappa shape index (κ3) is 49.6. The topological polar surface area (TPSA) is 98.5 Å². The van der Waals surface area contributed by atoms with Gasteiger partial charge in [0.05, 0.1) is 6.42 Å². The summed E-state index contributed by atoms with van der Waals surface area (Å²) in [6.07, 6.45) is 15.3. The van der Waals surface area contributed by atoms with Crippen LogP contribution in [0.5, 0.6) is 0 Å². The van der Waals surface area contributed by atoms with E-state index >= 15 is 0 Å². The molecule has 0 aromatic rings. The third-order valence-corrected chi connectivity index (χ3v) is 3.04. The van der Waals surface area contributed by atoms with Crippen LogP contribution in [0.1, 0.15) is 99.2 Å². The van der Waals surface area contributed by atoms with Gasteiger partial charge in [-0.2, -0.15) is 0 Å². The zero-order valence-corrected chi connectivity index (χ0v) is 18.3. The summed E-state index contributed by atoms with van der Waals surface area (Å²) in [5, 5.41) is 21.7. The van der Waals surface area contributed by atoms with E-state index < -0.39 is 11.9 Å². The Labute approximate surface area is 171 Å². The number of unbranched alkanes of at least 4 members (excludes halogenated alkanes) is 9. The van der Waals surface area contributed by atoms with Crippen LogP contribution in [0.15, 0.2) is 0 Å². The Bertz CT molecular complexity index is 270. The molecular formula is C18H38NNaO4. The predicted octanol–water partition coefficient (Wildman–Crippen LogP) is 2.64. The van der Waals surface area contributed by atoms with Gasteiger partial charge in [0, 0.05) is 12.6 Å². The molecule has 0 heterocycles. The number of carboxylic acids is 2. The van der Waals surface area contributed by atoms with Gasteiger partial charge in [-0.05, 0) is 0 Å². The molecule has 140 valence electrons. The minimum atomic E-state index is -0.954. The number of hydrogen-bond donors (Lipinski definition) is 3. The SMILES string of the molecule is CCC(=O)O.CCCCCCCCCCCC.N=CCC(=O)O.[H-].[Na+]. The second-order valence-electron chi connectivity index (χ2n) is 5.38. The molecular weight excluding hydrogens is 317 g/mol. The molecule has 0 aliphatic carbocycles. The van der Waals surface area contributed by atoms with Crippen molar-refractivity contribution in [2.24, 2.45) is 0 Å². The van der Waals surface area contributed by atoms with Gasteiger partial charge < -0.3 is 17.0 Å². The van der Waals surface area contributed by atoms with Gasteiger partial charge in [0.2, 0.25) is 0 Å². The smallest absolute Gasteiger partial charge is 1.00 e. The quantitative estimate of drug-likeness (QED) is 0.285. The summed E-state index contributed by atoms with van der Waals surface area (Å²) in [7, 11) is 0. The largest absolute Gasteiger partial charge is 1.00 e. The Kier molecular flexibility index (Phi) is 39.9. The van der Waals surface area contributed by atoms with Crippen LogP contribution >= 0.6 is 0 Å². The van der Waals surface area contributed by atoms with Crippen LogP contribution in [-0.2, 0) is 9.59 Å². The van der Waals surface area contributed by atoms with E-state index in [2.05, 4.69) is 13.8 Å². The van der Waals surface area contributed by atoms with E-state index in [4.69, 9.17) is 15.6 Å². The van der Waals surface area contributed by atoms with Gasteiger partial charge >= 0.3 is 41.5 Å². The standard InChI is InChI=1S/C12H26.C3H5NO2.C3H6O2.Na.H/c1-3-5-7-9-11-12-10-8-6-4-2;4-2-1-3(5)6;1-2-3(4)5;;/h3-12H2,1-2H3;2,4H,1H2,(H,5,6);2H2,1H3,(H,4,5);;/q;;;+1;-1. The second-order valence-corrected chi connectivity index (χ2v) is 5.38. The van der Waals surface area contributed by atoms with Crippen molar-refractivity contribution in [3.8, 4) is 0 Å². The van der Waals surface area contributed by atoms with Gasteiger partial charge in [-0.1, -0.05) is 85.0 Å². The molecule has 0 saturated carbocycles. The van der Waals surface area contributed by atoms with E-state index in [0.717, 1.165) is 6.21 Å². The monoisotopic (exact) mass is 355 g/mol. The first kappa shape index (κ1) is 31.4. The van der Waals surface area contributed by atoms with E-state index in [0.29, 0.717) is 0 Å². The van der Waals surface area contributed by atoms with Crippen LogP contribution in [0.4, 0.5) is 0 Å². The second kappa shape index (κ2) is 30.5. The molecule has 0 aromatic heterocycles. The van der Waals surface area contributed by atoms with Crippen LogP contribution in [-0.4, -0.2) is 28.4 Å². The fraction of sp³-hybridized carbons (Fsp3) is 0.833. The van der Waals surface area contributed by atoms with E-state index in [9.17, 15) is 9.59 Å². The Balaban J connectivity index is -0.0000000873. The zero-order chi connectivity index (χ0) is 18.3. The number of carbonyl (C=O) groups is 2. The van der Waals surface area contributed by atoms with Crippen molar-refractivity contribution in [3.05, 3.63) is 0 Å². The summed E-state index contributed by atoms with van der Waals surface area (Å²) in [5.74, 6) is -1.70. The van der Waals surface area contributed by atoms with Crippen molar-refractivity contribution in [3.63, 3.8) is 0 Å². The Morgan fingerprint density at radius 2 is 1.08 bits per heavy atom. The van der Waals surface area contributed by atoms with Crippen LogP contribution in [0, 0.1) is 5.41 Å². The van der Waals surface area contributed by atoms with E-state index in [-0.39, 0.29) is 43.8 Å². The molecule has 0 aromatic carbocycles. The Morgan fingerprint density at radius 3 is 1.21 bits per heavy atom.